The second-order valence-electron chi connectivity index (χ2n) is 10.9. The van der Waals surface area contributed by atoms with E-state index in [0.717, 1.165) is 33.6 Å². The predicted molar refractivity (Wildman–Crippen MR) is 136 cm³/mol. The number of aliphatic hydroxyl groups excluding tert-OH is 3. The number of thiazole rings is 1. The minimum atomic E-state index is -1.11. The van der Waals surface area contributed by atoms with Crippen LogP contribution >= 0.6 is 11.3 Å². The Morgan fingerprint density at radius 1 is 1.29 bits per heavy atom. The number of aromatic nitrogens is 1. The molecule has 1 aliphatic heterocycles. The summed E-state index contributed by atoms with van der Waals surface area (Å²) in [5.74, 6) is -1.04. The van der Waals surface area contributed by atoms with Crippen molar-refractivity contribution in [2.75, 3.05) is 0 Å². The molecule has 8 heteroatoms. The number of rotatable bonds is 13. The van der Waals surface area contributed by atoms with Gasteiger partial charge >= 0.3 is 0 Å². The van der Waals surface area contributed by atoms with Crippen molar-refractivity contribution in [3.63, 3.8) is 0 Å². The van der Waals surface area contributed by atoms with Crippen molar-refractivity contribution in [1.82, 2.24) is 4.98 Å². The number of hydrogen-bond donors (Lipinski definition) is 3. The molecule has 0 aliphatic carbocycles. The highest BCUT2D eigenvalue weighted by atomic mass is 32.1. The molecule has 1 aromatic carbocycles. The molecule has 2 aromatic rings. The number of aliphatic hydroxyl groups is 3. The van der Waals surface area contributed by atoms with Crippen molar-refractivity contribution >= 4 is 33.6 Å². The number of nitrogens with zero attached hydrogens (tertiary/aromatic N) is 1. The van der Waals surface area contributed by atoms with Gasteiger partial charge in [-0.1, -0.05) is 40.2 Å². The van der Waals surface area contributed by atoms with Crippen LogP contribution in [-0.4, -0.2) is 56.3 Å². The van der Waals surface area contributed by atoms with E-state index in [4.69, 9.17) is 4.74 Å². The van der Waals surface area contributed by atoms with E-state index in [0.29, 0.717) is 12.7 Å². The average molecular weight is 506 g/mol. The minimum absolute atomic E-state index is 0.111. The van der Waals surface area contributed by atoms with E-state index >= 15 is 0 Å². The number of carbonyl (C=O) groups excluding carboxylic acids is 2. The maximum Gasteiger partial charge on any atom is 0.146 e. The number of carbonyl (C=O) groups is 2. The van der Waals surface area contributed by atoms with E-state index in [-0.39, 0.29) is 24.2 Å². The summed E-state index contributed by atoms with van der Waals surface area (Å²) in [7, 11) is 0. The largest absolute Gasteiger partial charge is 0.392 e. The molecule has 1 fully saturated rings. The van der Waals surface area contributed by atoms with Crippen molar-refractivity contribution < 1.29 is 29.6 Å². The summed E-state index contributed by atoms with van der Waals surface area (Å²) in [5, 5.41) is 32.9. The number of ketones is 1. The van der Waals surface area contributed by atoms with Crippen LogP contribution in [0.15, 0.2) is 18.2 Å². The molecule has 35 heavy (non-hydrogen) atoms. The fraction of sp³-hybridized carbons (Fsp3) is 0.667. The van der Waals surface area contributed by atoms with Crippen LogP contribution < -0.4 is 0 Å². The number of hydrogen-bond acceptors (Lipinski definition) is 8. The highest BCUT2D eigenvalue weighted by Gasteiger charge is 2.55. The maximum absolute atomic E-state index is 12.9. The van der Waals surface area contributed by atoms with Gasteiger partial charge in [0, 0.05) is 12.3 Å². The van der Waals surface area contributed by atoms with Gasteiger partial charge in [0.1, 0.15) is 24.3 Å². The average Bonchev–Trinajstić information content (AvgIpc) is 3.33. The van der Waals surface area contributed by atoms with Gasteiger partial charge in [-0.3, -0.25) is 4.79 Å². The zero-order valence-electron chi connectivity index (χ0n) is 21.5. The van der Waals surface area contributed by atoms with Crippen molar-refractivity contribution in [3.05, 3.63) is 28.8 Å². The molecule has 0 amide bonds. The molecule has 7 nitrogen and oxygen atoms in total. The van der Waals surface area contributed by atoms with Gasteiger partial charge in [0.15, 0.2) is 0 Å². The Morgan fingerprint density at radius 2 is 1.97 bits per heavy atom. The van der Waals surface area contributed by atoms with E-state index in [1.54, 1.807) is 32.1 Å². The first-order valence-electron chi connectivity index (χ1n) is 12.4. The fourth-order valence-electron chi connectivity index (χ4n) is 5.00. The van der Waals surface area contributed by atoms with Crippen LogP contribution in [0.5, 0.6) is 0 Å². The molecule has 0 radical (unpaired) electrons. The van der Waals surface area contributed by atoms with Gasteiger partial charge < -0.3 is 24.9 Å². The molecular formula is C27H39NO6S. The van der Waals surface area contributed by atoms with Gasteiger partial charge in [0.05, 0.1) is 38.4 Å². The fourth-order valence-corrected chi connectivity index (χ4v) is 5.81. The summed E-state index contributed by atoms with van der Waals surface area (Å²) in [6.07, 6.45) is -0.252. The molecule has 194 valence electrons. The summed E-state index contributed by atoms with van der Waals surface area (Å²) in [5.41, 5.74) is 0.145. The highest BCUT2D eigenvalue weighted by molar-refractivity contribution is 7.18. The van der Waals surface area contributed by atoms with E-state index in [9.17, 15) is 24.9 Å². The Kier molecular flexibility index (Phi) is 8.54. The van der Waals surface area contributed by atoms with E-state index in [1.165, 1.54) is 0 Å². The van der Waals surface area contributed by atoms with E-state index in [1.807, 2.05) is 39.0 Å². The van der Waals surface area contributed by atoms with Gasteiger partial charge in [-0.05, 0) is 50.3 Å². The highest BCUT2D eigenvalue weighted by Crippen LogP contribution is 2.48. The molecule has 7 unspecified atom stereocenters. The summed E-state index contributed by atoms with van der Waals surface area (Å²) in [6.45, 7) is 10.8. The number of fused-ring (bicyclic) bond motifs is 1. The lowest BCUT2D eigenvalue weighted by molar-refractivity contribution is -0.142. The standard InChI is InChI=1S/C27H39NO6S/c1-15(22(31)16(2)24(33)26(4,5)21(30)11-13-29)8-7-12-27(6)25(34-27)23(32)18-9-10-20-19(14-18)28-17(3)35-20/h9-10,13-16,21-23,25,30-32H,7-8,11-12H2,1-6H3. The third kappa shape index (κ3) is 6.00. The molecule has 1 aromatic heterocycles. The third-order valence-corrected chi connectivity index (χ3v) is 8.67. The molecule has 1 saturated heterocycles. The number of ether oxygens (including phenoxy) is 1. The smallest absolute Gasteiger partial charge is 0.146 e. The first-order valence-corrected chi connectivity index (χ1v) is 13.2. The molecule has 0 spiro atoms. The molecule has 3 rings (SSSR count). The molecule has 7 atom stereocenters. The number of epoxide rings is 1. The quantitative estimate of drug-likeness (QED) is 0.276. The van der Waals surface area contributed by atoms with E-state index < -0.39 is 35.2 Å². The first kappa shape index (κ1) is 27.9. The number of aryl methyl sites for hydroxylation is 1. The third-order valence-electron chi connectivity index (χ3n) is 7.72. The maximum atomic E-state index is 12.9. The van der Waals surface area contributed by atoms with Gasteiger partial charge in [-0.15, -0.1) is 11.3 Å². The van der Waals surface area contributed by atoms with Crippen LogP contribution in [-0.2, 0) is 14.3 Å². The Labute approximate surface area is 211 Å². The summed E-state index contributed by atoms with van der Waals surface area (Å²) < 4.78 is 7.02. The Bertz CT molecular complexity index is 1050. The Hall–Kier alpha value is -1.71. The molecule has 0 bridgehead atoms. The van der Waals surface area contributed by atoms with Crippen LogP contribution in [0.4, 0.5) is 0 Å². The summed E-state index contributed by atoms with van der Waals surface area (Å²) in [4.78, 5) is 28.2. The second kappa shape index (κ2) is 10.7. The van der Waals surface area contributed by atoms with Crippen LogP contribution in [0.3, 0.4) is 0 Å². The lowest BCUT2D eigenvalue weighted by Crippen LogP contribution is -2.44. The first-order chi connectivity index (χ1) is 16.3. The topological polar surface area (TPSA) is 120 Å². The molecule has 3 N–H and O–H groups in total. The minimum Gasteiger partial charge on any atom is -0.392 e. The van der Waals surface area contributed by atoms with Crippen LogP contribution in [0.2, 0.25) is 0 Å². The number of aldehydes is 1. The molecule has 1 aliphatic rings. The Morgan fingerprint density at radius 3 is 2.63 bits per heavy atom. The van der Waals surface area contributed by atoms with Gasteiger partial charge in [-0.25, -0.2) is 4.98 Å². The van der Waals surface area contributed by atoms with Crippen LogP contribution in [0.25, 0.3) is 10.2 Å². The molecule has 2 heterocycles. The molecular weight excluding hydrogens is 466 g/mol. The van der Waals surface area contributed by atoms with Crippen molar-refractivity contribution in [1.29, 1.82) is 0 Å². The summed E-state index contributed by atoms with van der Waals surface area (Å²) in [6, 6.07) is 5.84. The number of benzene rings is 1. The SMILES string of the molecule is Cc1nc2cc(C(O)C3OC3(C)CCCC(C)C(O)C(C)C(=O)C(C)(C)C(O)CC=O)ccc2s1. The van der Waals surface area contributed by atoms with E-state index in [2.05, 4.69) is 4.98 Å². The Balaban J connectivity index is 1.51. The van der Waals surface area contributed by atoms with Crippen LogP contribution in [0.1, 0.15) is 77.0 Å². The monoisotopic (exact) mass is 505 g/mol. The lowest BCUT2D eigenvalue weighted by atomic mass is 9.73. The van der Waals surface area contributed by atoms with Crippen molar-refractivity contribution in [3.8, 4) is 0 Å². The van der Waals surface area contributed by atoms with Crippen LogP contribution in [0, 0.1) is 24.2 Å². The van der Waals surface area contributed by atoms with Gasteiger partial charge in [0.2, 0.25) is 0 Å². The van der Waals surface area contributed by atoms with Crippen molar-refractivity contribution in [2.45, 2.75) is 97.2 Å². The lowest BCUT2D eigenvalue weighted by Gasteiger charge is -2.34. The second-order valence-corrected chi connectivity index (χ2v) is 12.1. The predicted octanol–water partition coefficient (Wildman–Crippen LogP) is 4.14. The normalized spacial score (nSPS) is 24.5. The zero-order valence-corrected chi connectivity index (χ0v) is 22.3. The van der Waals surface area contributed by atoms with Crippen molar-refractivity contribution in [2.24, 2.45) is 17.3 Å². The summed E-state index contributed by atoms with van der Waals surface area (Å²) >= 11 is 1.63. The zero-order chi connectivity index (χ0) is 26.1. The molecule has 0 saturated carbocycles. The van der Waals surface area contributed by atoms with Gasteiger partial charge in [0.25, 0.3) is 0 Å². The number of Topliss-reactive ketones (excluding diaryl/α,β-unsaturated/α-hetero) is 1. The van der Waals surface area contributed by atoms with Gasteiger partial charge in [-0.2, -0.15) is 0 Å².